The standard InChI is InChI=1S/C17H18FN3O4/c1-10-8-13(22)14(15(23)19-9-17(2,3)16(24)25)20-21(10)12-7-5-4-6-11(12)18/h4-8H,9H2,1-3H3,(H,19,23)(H,24,25). The minimum Gasteiger partial charge on any atom is -0.481 e. The molecule has 0 unspecified atom stereocenters. The normalized spacial score (nSPS) is 11.2. The molecule has 1 aromatic carbocycles. The van der Waals surface area contributed by atoms with Crippen molar-refractivity contribution in [2.75, 3.05) is 6.54 Å². The van der Waals surface area contributed by atoms with E-state index in [1.807, 2.05) is 0 Å². The lowest BCUT2D eigenvalue weighted by Crippen LogP contribution is -2.41. The number of aryl methyl sites for hydroxylation is 1. The van der Waals surface area contributed by atoms with Crippen molar-refractivity contribution in [2.45, 2.75) is 20.8 Å². The van der Waals surface area contributed by atoms with Crippen molar-refractivity contribution in [1.29, 1.82) is 0 Å². The molecular weight excluding hydrogens is 329 g/mol. The van der Waals surface area contributed by atoms with Crippen molar-refractivity contribution >= 4 is 11.9 Å². The summed E-state index contributed by atoms with van der Waals surface area (Å²) in [6.07, 6.45) is 0. The molecule has 0 aliphatic rings. The quantitative estimate of drug-likeness (QED) is 0.854. The fraction of sp³-hybridized carbons (Fsp3) is 0.294. The van der Waals surface area contributed by atoms with Crippen LogP contribution in [0.15, 0.2) is 35.1 Å². The van der Waals surface area contributed by atoms with E-state index in [0.717, 1.165) is 4.68 Å². The number of halogens is 1. The van der Waals surface area contributed by atoms with Crippen molar-refractivity contribution in [3.8, 4) is 5.69 Å². The van der Waals surface area contributed by atoms with Gasteiger partial charge in [-0.15, -0.1) is 0 Å². The summed E-state index contributed by atoms with van der Waals surface area (Å²) in [5, 5.41) is 15.4. The molecule has 0 spiro atoms. The summed E-state index contributed by atoms with van der Waals surface area (Å²) in [6, 6.07) is 7.00. The minimum absolute atomic E-state index is 0.0971. The number of hydrogen-bond donors (Lipinski definition) is 2. The first-order chi connectivity index (χ1) is 11.6. The molecule has 2 N–H and O–H groups in total. The van der Waals surface area contributed by atoms with Crippen LogP contribution in [0.25, 0.3) is 5.69 Å². The molecule has 8 heteroatoms. The number of carbonyl (C=O) groups is 2. The summed E-state index contributed by atoms with van der Waals surface area (Å²) in [4.78, 5) is 35.4. The summed E-state index contributed by atoms with van der Waals surface area (Å²) in [7, 11) is 0. The molecule has 0 bridgehead atoms. The van der Waals surface area contributed by atoms with Gasteiger partial charge in [0.05, 0.1) is 5.41 Å². The number of nitrogens with one attached hydrogen (secondary N) is 1. The Balaban J connectivity index is 2.38. The van der Waals surface area contributed by atoms with Gasteiger partial charge in [-0.25, -0.2) is 9.07 Å². The maximum absolute atomic E-state index is 14.0. The van der Waals surface area contributed by atoms with Crippen LogP contribution in [0, 0.1) is 18.2 Å². The second kappa shape index (κ2) is 6.84. The van der Waals surface area contributed by atoms with Crippen LogP contribution in [-0.2, 0) is 4.79 Å². The van der Waals surface area contributed by atoms with Crippen LogP contribution < -0.4 is 10.7 Å². The predicted octanol–water partition coefficient (Wildman–Crippen LogP) is 1.52. The third kappa shape index (κ3) is 3.90. The number of carboxylic acid groups (broad SMARTS) is 1. The van der Waals surface area contributed by atoms with E-state index in [2.05, 4.69) is 10.4 Å². The Morgan fingerprint density at radius 3 is 2.56 bits per heavy atom. The van der Waals surface area contributed by atoms with Crippen LogP contribution in [-0.4, -0.2) is 33.3 Å². The average Bonchev–Trinajstić information content (AvgIpc) is 2.53. The molecule has 2 aromatic rings. The van der Waals surface area contributed by atoms with E-state index in [0.29, 0.717) is 5.69 Å². The number of carbonyl (C=O) groups excluding carboxylic acids is 1. The molecule has 0 atom stereocenters. The van der Waals surface area contributed by atoms with Gasteiger partial charge in [-0.05, 0) is 32.9 Å². The Labute approximate surface area is 143 Å². The lowest BCUT2D eigenvalue weighted by atomic mass is 9.94. The van der Waals surface area contributed by atoms with Crippen LogP contribution in [0.3, 0.4) is 0 Å². The van der Waals surface area contributed by atoms with Crippen molar-refractivity contribution < 1.29 is 19.1 Å². The molecule has 0 aliphatic carbocycles. The van der Waals surface area contributed by atoms with E-state index in [4.69, 9.17) is 5.11 Å². The van der Waals surface area contributed by atoms with Gasteiger partial charge in [-0.1, -0.05) is 12.1 Å². The van der Waals surface area contributed by atoms with E-state index in [-0.39, 0.29) is 12.2 Å². The lowest BCUT2D eigenvalue weighted by Gasteiger charge is -2.19. The Morgan fingerprint density at radius 2 is 1.96 bits per heavy atom. The SMILES string of the molecule is Cc1cc(=O)c(C(=O)NCC(C)(C)C(=O)O)nn1-c1ccccc1F. The van der Waals surface area contributed by atoms with Gasteiger partial charge in [0.1, 0.15) is 11.5 Å². The van der Waals surface area contributed by atoms with E-state index in [1.54, 1.807) is 13.0 Å². The zero-order valence-corrected chi connectivity index (χ0v) is 14.0. The molecule has 0 aliphatic heterocycles. The van der Waals surface area contributed by atoms with Crippen LogP contribution in [0.5, 0.6) is 0 Å². The first-order valence-electron chi connectivity index (χ1n) is 7.51. The van der Waals surface area contributed by atoms with Gasteiger partial charge in [0.15, 0.2) is 5.69 Å². The highest BCUT2D eigenvalue weighted by Crippen LogP contribution is 2.14. The first-order valence-corrected chi connectivity index (χ1v) is 7.51. The van der Waals surface area contributed by atoms with Crippen molar-refractivity contribution in [3.05, 3.63) is 57.8 Å². The predicted molar refractivity (Wildman–Crippen MR) is 88.3 cm³/mol. The largest absolute Gasteiger partial charge is 0.481 e. The summed E-state index contributed by atoms with van der Waals surface area (Å²) in [5.41, 5.74) is -1.81. The van der Waals surface area contributed by atoms with Gasteiger partial charge in [0.25, 0.3) is 5.91 Å². The van der Waals surface area contributed by atoms with E-state index < -0.39 is 34.2 Å². The van der Waals surface area contributed by atoms with Crippen molar-refractivity contribution in [2.24, 2.45) is 5.41 Å². The molecule has 2 rings (SSSR count). The molecule has 132 valence electrons. The van der Waals surface area contributed by atoms with E-state index in [1.165, 1.54) is 38.1 Å². The maximum Gasteiger partial charge on any atom is 0.310 e. The monoisotopic (exact) mass is 347 g/mol. The number of carboxylic acids is 1. The smallest absolute Gasteiger partial charge is 0.310 e. The zero-order chi connectivity index (χ0) is 18.8. The van der Waals surface area contributed by atoms with Gasteiger partial charge >= 0.3 is 5.97 Å². The topological polar surface area (TPSA) is 101 Å². The minimum atomic E-state index is -1.20. The number of benzene rings is 1. The Hall–Kier alpha value is -3.03. The summed E-state index contributed by atoms with van der Waals surface area (Å²) in [6.45, 7) is 4.26. The van der Waals surface area contributed by atoms with Gasteiger partial charge in [0, 0.05) is 18.3 Å². The Morgan fingerprint density at radius 1 is 1.32 bits per heavy atom. The molecule has 0 saturated carbocycles. The number of nitrogens with zero attached hydrogens (tertiary/aromatic N) is 2. The number of aromatic nitrogens is 2. The van der Waals surface area contributed by atoms with Crippen molar-refractivity contribution in [1.82, 2.24) is 15.1 Å². The summed E-state index contributed by atoms with van der Waals surface area (Å²) >= 11 is 0. The molecule has 1 amide bonds. The molecule has 1 aromatic heterocycles. The molecule has 25 heavy (non-hydrogen) atoms. The molecule has 7 nitrogen and oxygen atoms in total. The summed E-state index contributed by atoms with van der Waals surface area (Å²) < 4.78 is 15.1. The number of hydrogen-bond acceptors (Lipinski definition) is 4. The van der Waals surface area contributed by atoms with Crippen molar-refractivity contribution in [3.63, 3.8) is 0 Å². The third-order valence-electron chi connectivity index (χ3n) is 3.67. The van der Waals surface area contributed by atoms with Gasteiger partial charge in [0.2, 0.25) is 5.43 Å². The second-order valence-electron chi connectivity index (χ2n) is 6.23. The first kappa shape index (κ1) is 18.3. The number of rotatable bonds is 5. The maximum atomic E-state index is 14.0. The van der Waals surface area contributed by atoms with Crippen LogP contribution in [0.1, 0.15) is 30.0 Å². The zero-order valence-electron chi connectivity index (χ0n) is 14.0. The van der Waals surface area contributed by atoms with Gasteiger partial charge in [-0.3, -0.25) is 14.4 Å². The number of para-hydroxylation sites is 1. The molecule has 0 saturated heterocycles. The molecule has 0 radical (unpaired) electrons. The Kier molecular flexibility index (Phi) is 5.01. The molecular formula is C17H18FN3O4. The van der Waals surface area contributed by atoms with Crippen LogP contribution >= 0.6 is 0 Å². The second-order valence-corrected chi connectivity index (χ2v) is 6.23. The highest BCUT2D eigenvalue weighted by atomic mass is 19.1. The fourth-order valence-corrected chi connectivity index (χ4v) is 2.03. The number of aliphatic carboxylic acids is 1. The lowest BCUT2D eigenvalue weighted by molar-refractivity contribution is -0.146. The van der Waals surface area contributed by atoms with Crippen LogP contribution in [0.4, 0.5) is 4.39 Å². The van der Waals surface area contributed by atoms with Gasteiger partial charge in [-0.2, -0.15) is 5.10 Å². The van der Waals surface area contributed by atoms with Gasteiger partial charge < -0.3 is 10.4 Å². The highest BCUT2D eigenvalue weighted by molar-refractivity contribution is 5.92. The Bertz CT molecular complexity index is 890. The average molecular weight is 347 g/mol. The summed E-state index contributed by atoms with van der Waals surface area (Å²) in [5.74, 6) is -2.46. The molecule has 1 heterocycles. The number of amides is 1. The van der Waals surface area contributed by atoms with E-state index >= 15 is 0 Å². The fourth-order valence-electron chi connectivity index (χ4n) is 2.03. The van der Waals surface area contributed by atoms with Crippen LogP contribution in [0.2, 0.25) is 0 Å². The molecule has 0 fully saturated rings. The highest BCUT2D eigenvalue weighted by Gasteiger charge is 2.28. The van der Waals surface area contributed by atoms with E-state index in [9.17, 15) is 18.8 Å². The third-order valence-corrected chi connectivity index (χ3v) is 3.67.